The Hall–Kier alpha value is -1.32. The molecule has 4 heteroatoms. The Morgan fingerprint density at radius 3 is 3.00 bits per heavy atom. The molecule has 0 bridgehead atoms. The molecular formula is C6H9N3O. The van der Waals surface area contributed by atoms with E-state index in [1.165, 1.54) is 0 Å². The van der Waals surface area contributed by atoms with Crippen LogP contribution < -0.4 is 11.1 Å². The first-order valence-electron chi connectivity index (χ1n) is 2.96. The van der Waals surface area contributed by atoms with E-state index in [0.717, 1.165) is 5.70 Å². The van der Waals surface area contributed by atoms with Crippen molar-refractivity contribution in [1.82, 2.24) is 5.32 Å². The lowest BCUT2D eigenvalue weighted by Gasteiger charge is -2.10. The molecular weight excluding hydrogens is 130 g/mol. The van der Waals surface area contributed by atoms with Crippen molar-refractivity contribution in [2.75, 3.05) is 6.54 Å². The van der Waals surface area contributed by atoms with Crippen LogP contribution in [-0.2, 0) is 4.79 Å². The molecule has 54 valence electrons. The minimum absolute atomic E-state index is 0.397. The second kappa shape index (κ2) is 2.51. The number of aliphatic imine (C=N–C) groups is 1. The van der Waals surface area contributed by atoms with Gasteiger partial charge in [0.1, 0.15) is 0 Å². The van der Waals surface area contributed by atoms with Crippen molar-refractivity contribution in [3.63, 3.8) is 0 Å². The molecule has 3 N–H and O–H groups in total. The highest BCUT2D eigenvalue weighted by Gasteiger charge is 2.09. The summed E-state index contributed by atoms with van der Waals surface area (Å²) in [7, 11) is 0. The van der Waals surface area contributed by atoms with Crippen LogP contribution in [0.1, 0.15) is 6.92 Å². The first-order valence-corrected chi connectivity index (χ1v) is 2.96. The van der Waals surface area contributed by atoms with Gasteiger partial charge in [0.2, 0.25) is 5.91 Å². The van der Waals surface area contributed by atoms with E-state index >= 15 is 0 Å². The summed E-state index contributed by atoms with van der Waals surface area (Å²) in [6.45, 7) is 2.19. The standard InChI is InChI=1S/C6H9N3O/c1-4-5(6(7)10)2-8-3-9-4/h3H,2H2,1H3,(H2,7,10)(H,8,9). The molecule has 0 saturated heterocycles. The number of carbonyl (C=O) groups excluding carboxylic acids is 1. The average molecular weight is 139 g/mol. The monoisotopic (exact) mass is 139 g/mol. The van der Waals surface area contributed by atoms with Crippen LogP contribution in [0, 0.1) is 0 Å². The number of nitrogens with zero attached hydrogens (tertiary/aromatic N) is 1. The molecule has 0 spiro atoms. The molecule has 1 aliphatic heterocycles. The molecule has 1 rings (SSSR count). The molecule has 4 nitrogen and oxygen atoms in total. The highest BCUT2D eigenvalue weighted by atomic mass is 16.1. The average Bonchev–Trinajstić information content (AvgIpc) is 1.88. The molecule has 0 aliphatic carbocycles. The Balaban J connectivity index is 2.81. The van der Waals surface area contributed by atoms with Crippen LogP contribution in [0.25, 0.3) is 0 Å². The Labute approximate surface area is 58.8 Å². The molecule has 0 unspecified atom stereocenters. The Morgan fingerprint density at radius 1 is 1.90 bits per heavy atom. The summed E-state index contributed by atoms with van der Waals surface area (Å²) in [6.07, 6.45) is 1.56. The first kappa shape index (κ1) is 6.80. The van der Waals surface area contributed by atoms with Gasteiger partial charge in [-0.1, -0.05) is 0 Å². The fourth-order valence-corrected chi connectivity index (χ4v) is 0.748. The van der Waals surface area contributed by atoms with E-state index in [9.17, 15) is 4.79 Å². The van der Waals surface area contributed by atoms with Gasteiger partial charge in [-0.15, -0.1) is 0 Å². The highest BCUT2D eigenvalue weighted by Crippen LogP contribution is 2.02. The number of hydrogen-bond acceptors (Lipinski definition) is 3. The smallest absolute Gasteiger partial charge is 0.248 e. The number of nitrogens with two attached hydrogens (primary N) is 1. The summed E-state index contributed by atoms with van der Waals surface area (Å²) in [5.41, 5.74) is 6.40. The lowest BCUT2D eigenvalue weighted by molar-refractivity contribution is -0.114. The maximum atomic E-state index is 10.6. The molecule has 0 aromatic rings. The van der Waals surface area contributed by atoms with Gasteiger partial charge in [0.05, 0.1) is 18.5 Å². The SMILES string of the molecule is CC1=C(C(N)=O)CN=CN1. The highest BCUT2D eigenvalue weighted by molar-refractivity contribution is 5.94. The largest absolute Gasteiger partial charge is 0.366 e. The van der Waals surface area contributed by atoms with Crippen LogP contribution in [-0.4, -0.2) is 18.8 Å². The third kappa shape index (κ3) is 1.15. The molecule has 1 amide bonds. The third-order valence-electron chi connectivity index (χ3n) is 1.37. The normalized spacial score (nSPS) is 16.9. The zero-order valence-corrected chi connectivity index (χ0v) is 5.72. The molecule has 0 radical (unpaired) electrons. The second-order valence-electron chi connectivity index (χ2n) is 2.08. The molecule has 0 aromatic carbocycles. The van der Waals surface area contributed by atoms with E-state index in [4.69, 9.17) is 5.73 Å². The van der Waals surface area contributed by atoms with Crippen LogP contribution in [0.4, 0.5) is 0 Å². The van der Waals surface area contributed by atoms with Crippen molar-refractivity contribution in [3.05, 3.63) is 11.3 Å². The number of primary amides is 1. The number of nitrogens with one attached hydrogen (secondary N) is 1. The van der Waals surface area contributed by atoms with Crippen LogP contribution in [0.3, 0.4) is 0 Å². The number of carbonyl (C=O) groups is 1. The Bertz CT molecular complexity index is 217. The third-order valence-corrected chi connectivity index (χ3v) is 1.37. The predicted molar refractivity (Wildman–Crippen MR) is 38.4 cm³/mol. The summed E-state index contributed by atoms with van der Waals surface area (Å²) >= 11 is 0. The Morgan fingerprint density at radius 2 is 2.60 bits per heavy atom. The molecule has 0 aromatic heterocycles. The quantitative estimate of drug-likeness (QED) is 0.508. The predicted octanol–water partition coefficient (Wildman–Crippen LogP) is -0.623. The number of hydrogen-bond donors (Lipinski definition) is 2. The van der Waals surface area contributed by atoms with Gasteiger partial charge in [-0.05, 0) is 6.92 Å². The molecule has 0 fully saturated rings. The summed E-state index contributed by atoms with van der Waals surface area (Å²) in [6, 6.07) is 0. The summed E-state index contributed by atoms with van der Waals surface area (Å²) in [5, 5.41) is 2.80. The zero-order valence-electron chi connectivity index (χ0n) is 5.72. The van der Waals surface area contributed by atoms with Gasteiger partial charge in [0, 0.05) is 5.70 Å². The molecule has 0 atom stereocenters. The second-order valence-corrected chi connectivity index (χ2v) is 2.08. The van der Waals surface area contributed by atoms with E-state index < -0.39 is 5.91 Å². The maximum absolute atomic E-state index is 10.6. The fourth-order valence-electron chi connectivity index (χ4n) is 0.748. The maximum Gasteiger partial charge on any atom is 0.248 e. The molecule has 1 aliphatic rings. The van der Waals surface area contributed by atoms with E-state index in [1.54, 1.807) is 13.3 Å². The van der Waals surface area contributed by atoms with Gasteiger partial charge < -0.3 is 11.1 Å². The van der Waals surface area contributed by atoms with Crippen molar-refractivity contribution in [2.45, 2.75) is 6.92 Å². The van der Waals surface area contributed by atoms with Gasteiger partial charge in [0.25, 0.3) is 0 Å². The van der Waals surface area contributed by atoms with Crippen molar-refractivity contribution in [1.29, 1.82) is 0 Å². The minimum Gasteiger partial charge on any atom is -0.366 e. The number of allylic oxidation sites excluding steroid dienone is 1. The van der Waals surface area contributed by atoms with Gasteiger partial charge >= 0.3 is 0 Å². The summed E-state index contributed by atoms with van der Waals surface area (Å²) < 4.78 is 0. The molecule has 10 heavy (non-hydrogen) atoms. The Kier molecular flexibility index (Phi) is 1.71. The zero-order chi connectivity index (χ0) is 7.56. The summed E-state index contributed by atoms with van der Waals surface area (Å²) in [4.78, 5) is 14.5. The topological polar surface area (TPSA) is 67.5 Å². The van der Waals surface area contributed by atoms with E-state index in [0.29, 0.717) is 12.1 Å². The fraction of sp³-hybridized carbons (Fsp3) is 0.333. The van der Waals surface area contributed by atoms with E-state index in [2.05, 4.69) is 10.3 Å². The van der Waals surface area contributed by atoms with Crippen LogP contribution in [0.2, 0.25) is 0 Å². The van der Waals surface area contributed by atoms with Crippen LogP contribution >= 0.6 is 0 Å². The van der Waals surface area contributed by atoms with Crippen LogP contribution in [0.5, 0.6) is 0 Å². The lowest BCUT2D eigenvalue weighted by Crippen LogP contribution is -2.25. The van der Waals surface area contributed by atoms with Crippen molar-refractivity contribution in [2.24, 2.45) is 10.7 Å². The lowest BCUT2D eigenvalue weighted by atomic mass is 10.2. The van der Waals surface area contributed by atoms with Gasteiger partial charge in [-0.2, -0.15) is 0 Å². The van der Waals surface area contributed by atoms with Crippen molar-refractivity contribution in [3.8, 4) is 0 Å². The minimum atomic E-state index is -0.401. The first-order chi connectivity index (χ1) is 4.72. The van der Waals surface area contributed by atoms with Crippen molar-refractivity contribution >= 4 is 12.2 Å². The number of rotatable bonds is 1. The van der Waals surface area contributed by atoms with Gasteiger partial charge in [0.15, 0.2) is 0 Å². The van der Waals surface area contributed by atoms with E-state index in [1.807, 2.05) is 0 Å². The van der Waals surface area contributed by atoms with E-state index in [-0.39, 0.29) is 0 Å². The molecule has 1 heterocycles. The molecule has 0 saturated carbocycles. The van der Waals surface area contributed by atoms with Crippen molar-refractivity contribution < 1.29 is 4.79 Å². The van der Waals surface area contributed by atoms with Crippen LogP contribution in [0.15, 0.2) is 16.3 Å². The van der Waals surface area contributed by atoms with Gasteiger partial charge in [-0.3, -0.25) is 9.79 Å². The summed E-state index contributed by atoms with van der Waals surface area (Å²) in [5.74, 6) is -0.401. The number of amides is 1. The van der Waals surface area contributed by atoms with Gasteiger partial charge in [-0.25, -0.2) is 0 Å².